The minimum Gasteiger partial charge on any atom is -0.453 e. The van der Waals surface area contributed by atoms with Crippen molar-refractivity contribution in [2.45, 2.75) is 12.5 Å². The number of furan rings is 1. The summed E-state index contributed by atoms with van der Waals surface area (Å²) in [6.45, 7) is 0. The van der Waals surface area contributed by atoms with Gasteiger partial charge in [0, 0.05) is 12.4 Å². The lowest BCUT2D eigenvalue weighted by Crippen LogP contribution is -2.18. The van der Waals surface area contributed by atoms with Gasteiger partial charge >= 0.3 is 0 Å². The maximum absolute atomic E-state index is 5.55. The molecule has 0 saturated heterocycles. The zero-order valence-electron chi connectivity index (χ0n) is 8.98. The number of aromatic nitrogens is 1. The molecule has 0 aliphatic rings. The molecule has 1 atom stereocenters. The summed E-state index contributed by atoms with van der Waals surface area (Å²) in [4.78, 5) is 4.00. The van der Waals surface area contributed by atoms with Crippen molar-refractivity contribution in [1.29, 1.82) is 0 Å². The molecule has 2 aromatic rings. The van der Waals surface area contributed by atoms with Gasteiger partial charge in [-0.1, -0.05) is 0 Å². The molecule has 0 aliphatic carbocycles. The van der Waals surface area contributed by atoms with E-state index in [0.717, 1.165) is 16.9 Å². The first-order valence-electron chi connectivity index (χ1n) is 5.11. The molecule has 2 rings (SSSR count). The molecule has 0 radical (unpaired) electrons. The second kappa shape index (κ2) is 5.27. The number of halogens is 1. The number of nitrogens with zero attached hydrogens (tertiary/aromatic N) is 1. The minimum atomic E-state index is 0.189. The van der Waals surface area contributed by atoms with E-state index in [9.17, 15) is 0 Å². The van der Waals surface area contributed by atoms with Crippen LogP contribution in [0.1, 0.15) is 17.4 Å². The van der Waals surface area contributed by atoms with Crippen molar-refractivity contribution >= 4 is 15.9 Å². The summed E-state index contributed by atoms with van der Waals surface area (Å²) in [5.41, 5.74) is 1.24. The highest BCUT2D eigenvalue weighted by molar-refractivity contribution is 9.10. The summed E-state index contributed by atoms with van der Waals surface area (Å²) in [6.07, 6.45) is 4.50. The fourth-order valence-electron chi connectivity index (χ4n) is 1.62. The molecule has 1 N–H and O–H groups in total. The molecule has 0 aromatic carbocycles. The number of likely N-dealkylation sites (N-methyl/N-ethyl adjacent to an activating group) is 1. The van der Waals surface area contributed by atoms with Crippen molar-refractivity contribution in [1.82, 2.24) is 10.3 Å². The van der Waals surface area contributed by atoms with E-state index < -0.39 is 0 Å². The highest BCUT2D eigenvalue weighted by Gasteiger charge is 2.13. The van der Waals surface area contributed by atoms with Gasteiger partial charge in [-0.2, -0.15) is 0 Å². The molecule has 2 aromatic heterocycles. The van der Waals surface area contributed by atoms with E-state index in [-0.39, 0.29) is 6.04 Å². The molecule has 0 fully saturated rings. The molecule has 84 valence electrons. The Morgan fingerprint density at radius 2 is 2.06 bits per heavy atom. The molecule has 1 unspecified atom stereocenters. The number of hydrogen-bond donors (Lipinski definition) is 1. The second-order valence-corrected chi connectivity index (χ2v) is 4.32. The van der Waals surface area contributed by atoms with E-state index in [4.69, 9.17) is 4.42 Å². The van der Waals surface area contributed by atoms with Crippen LogP contribution in [-0.2, 0) is 6.42 Å². The van der Waals surface area contributed by atoms with Crippen LogP contribution in [0.2, 0.25) is 0 Å². The van der Waals surface area contributed by atoms with Gasteiger partial charge in [-0.15, -0.1) is 0 Å². The highest BCUT2D eigenvalue weighted by Crippen LogP contribution is 2.22. The molecule has 0 aliphatic heterocycles. The van der Waals surface area contributed by atoms with E-state index in [1.54, 1.807) is 12.4 Å². The Hall–Kier alpha value is -1.13. The van der Waals surface area contributed by atoms with Crippen LogP contribution in [0.3, 0.4) is 0 Å². The number of rotatable bonds is 4. The third-order valence-corrected chi connectivity index (χ3v) is 2.90. The van der Waals surface area contributed by atoms with Gasteiger partial charge in [0.25, 0.3) is 0 Å². The van der Waals surface area contributed by atoms with Crippen LogP contribution in [0.25, 0.3) is 0 Å². The smallest absolute Gasteiger partial charge is 0.169 e. The summed E-state index contributed by atoms with van der Waals surface area (Å²) in [5.74, 6) is 0.936. The summed E-state index contributed by atoms with van der Waals surface area (Å²) >= 11 is 3.31. The molecule has 0 amide bonds. The average molecular weight is 281 g/mol. The highest BCUT2D eigenvalue weighted by atomic mass is 79.9. The van der Waals surface area contributed by atoms with E-state index in [2.05, 4.69) is 26.2 Å². The summed E-state index contributed by atoms with van der Waals surface area (Å²) in [5, 5.41) is 3.25. The molecule has 3 nitrogen and oxygen atoms in total. The van der Waals surface area contributed by atoms with Crippen LogP contribution in [0, 0.1) is 0 Å². The zero-order valence-corrected chi connectivity index (χ0v) is 10.6. The molecule has 4 heteroatoms. The van der Waals surface area contributed by atoms with Crippen molar-refractivity contribution in [3.63, 3.8) is 0 Å². The fourth-order valence-corrected chi connectivity index (χ4v) is 1.93. The second-order valence-electron chi connectivity index (χ2n) is 3.54. The Balaban J connectivity index is 2.12. The average Bonchev–Trinajstić information content (AvgIpc) is 2.74. The van der Waals surface area contributed by atoms with Crippen LogP contribution in [0.4, 0.5) is 0 Å². The Morgan fingerprint density at radius 1 is 1.31 bits per heavy atom. The molecular formula is C12H13BrN2O. The van der Waals surface area contributed by atoms with E-state index in [1.807, 2.05) is 31.3 Å². The van der Waals surface area contributed by atoms with Gasteiger partial charge in [-0.25, -0.2) is 0 Å². The van der Waals surface area contributed by atoms with Crippen LogP contribution in [0.5, 0.6) is 0 Å². The SMILES string of the molecule is CNC(Cc1ccncc1)c1ccc(Br)o1. The lowest BCUT2D eigenvalue weighted by molar-refractivity contribution is 0.416. The lowest BCUT2D eigenvalue weighted by atomic mass is 10.1. The Labute approximate surface area is 103 Å². The Kier molecular flexibility index (Phi) is 3.74. The maximum atomic E-state index is 5.55. The summed E-state index contributed by atoms with van der Waals surface area (Å²) < 4.78 is 6.31. The Morgan fingerprint density at radius 3 is 2.62 bits per heavy atom. The molecule has 0 bridgehead atoms. The fraction of sp³-hybridized carbons (Fsp3) is 0.250. The number of nitrogens with one attached hydrogen (secondary N) is 1. The standard InChI is InChI=1S/C12H13BrN2O/c1-14-10(11-2-3-12(13)16-11)8-9-4-6-15-7-5-9/h2-7,10,14H,8H2,1H3. The predicted molar refractivity (Wildman–Crippen MR) is 66.1 cm³/mol. The third-order valence-electron chi connectivity index (χ3n) is 2.48. The van der Waals surface area contributed by atoms with E-state index in [0.29, 0.717) is 0 Å². The molecule has 2 heterocycles. The first kappa shape index (κ1) is 11.4. The molecular weight excluding hydrogens is 268 g/mol. The van der Waals surface area contributed by atoms with E-state index in [1.165, 1.54) is 5.56 Å². The monoisotopic (exact) mass is 280 g/mol. The summed E-state index contributed by atoms with van der Waals surface area (Å²) in [6, 6.07) is 8.11. The molecule has 0 spiro atoms. The van der Waals surface area contributed by atoms with Gasteiger partial charge in [-0.05, 0) is 59.2 Å². The van der Waals surface area contributed by atoms with Crippen LogP contribution >= 0.6 is 15.9 Å². The van der Waals surface area contributed by atoms with Crippen LogP contribution in [0.15, 0.2) is 45.7 Å². The van der Waals surface area contributed by atoms with Crippen molar-refractivity contribution < 1.29 is 4.42 Å². The number of pyridine rings is 1. The van der Waals surface area contributed by atoms with Crippen LogP contribution in [-0.4, -0.2) is 12.0 Å². The molecule has 0 saturated carbocycles. The largest absolute Gasteiger partial charge is 0.453 e. The quantitative estimate of drug-likeness (QED) is 0.936. The maximum Gasteiger partial charge on any atom is 0.169 e. The van der Waals surface area contributed by atoms with Crippen LogP contribution < -0.4 is 5.32 Å². The topological polar surface area (TPSA) is 38.1 Å². The van der Waals surface area contributed by atoms with Gasteiger partial charge in [0.05, 0.1) is 6.04 Å². The predicted octanol–water partition coefficient (Wildman–Crippen LogP) is 2.94. The Bertz CT molecular complexity index is 441. The van der Waals surface area contributed by atoms with Crippen molar-refractivity contribution in [3.05, 3.63) is 52.7 Å². The normalized spacial score (nSPS) is 12.6. The van der Waals surface area contributed by atoms with Gasteiger partial charge in [0.1, 0.15) is 5.76 Å². The first-order chi connectivity index (χ1) is 7.79. The number of hydrogen-bond acceptors (Lipinski definition) is 3. The molecule has 16 heavy (non-hydrogen) atoms. The van der Waals surface area contributed by atoms with Gasteiger partial charge in [-0.3, -0.25) is 4.98 Å². The first-order valence-corrected chi connectivity index (χ1v) is 5.90. The van der Waals surface area contributed by atoms with Crippen molar-refractivity contribution in [2.24, 2.45) is 0 Å². The lowest BCUT2D eigenvalue weighted by Gasteiger charge is -2.13. The minimum absolute atomic E-state index is 0.189. The van der Waals surface area contributed by atoms with Gasteiger partial charge < -0.3 is 9.73 Å². The van der Waals surface area contributed by atoms with Gasteiger partial charge in [0.15, 0.2) is 4.67 Å². The third kappa shape index (κ3) is 2.71. The summed E-state index contributed by atoms with van der Waals surface area (Å²) in [7, 11) is 1.93. The van der Waals surface area contributed by atoms with Crippen molar-refractivity contribution in [3.8, 4) is 0 Å². The zero-order chi connectivity index (χ0) is 11.4. The van der Waals surface area contributed by atoms with E-state index >= 15 is 0 Å². The van der Waals surface area contributed by atoms with Gasteiger partial charge in [0.2, 0.25) is 0 Å². The van der Waals surface area contributed by atoms with Crippen molar-refractivity contribution in [2.75, 3.05) is 7.05 Å².